The quantitative estimate of drug-likeness (QED) is 0.426. The molecule has 182 valence electrons. The molecule has 0 unspecified atom stereocenters. The van der Waals surface area contributed by atoms with E-state index >= 15 is 0 Å². The Labute approximate surface area is 203 Å². The number of carbonyl (C=O) groups excluding carboxylic acids is 1. The largest absolute Gasteiger partial charge is 0.383 e. The lowest BCUT2D eigenvalue weighted by molar-refractivity contribution is -0.116. The van der Waals surface area contributed by atoms with Crippen LogP contribution in [0.5, 0.6) is 0 Å². The molecule has 34 heavy (non-hydrogen) atoms. The molecule has 3 aromatic rings. The van der Waals surface area contributed by atoms with Gasteiger partial charge in [-0.2, -0.15) is 0 Å². The van der Waals surface area contributed by atoms with Gasteiger partial charge in [-0.15, -0.1) is 0 Å². The highest BCUT2D eigenvalue weighted by Gasteiger charge is 2.24. The van der Waals surface area contributed by atoms with Gasteiger partial charge in [0, 0.05) is 25.5 Å². The Bertz CT molecular complexity index is 1280. The number of unbranched alkanes of at least 4 members (excludes halogenated alkanes) is 1. The molecule has 1 amide bonds. The van der Waals surface area contributed by atoms with E-state index in [2.05, 4.69) is 28.2 Å². The van der Waals surface area contributed by atoms with E-state index in [0.29, 0.717) is 31.1 Å². The van der Waals surface area contributed by atoms with Gasteiger partial charge in [-0.3, -0.25) is 23.7 Å². The second kappa shape index (κ2) is 11.2. The van der Waals surface area contributed by atoms with E-state index in [1.165, 1.54) is 21.2 Å². The Morgan fingerprint density at radius 2 is 1.97 bits per heavy atom. The van der Waals surface area contributed by atoms with Crippen LogP contribution >= 0.6 is 11.8 Å². The Hall–Kier alpha value is -3.27. The highest BCUT2D eigenvalue weighted by Crippen LogP contribution is 2.25. The number of nitrogen functional groups attached to an aromatic ring is 1. The van der Waals surface area contributed by atoms with Crippen molar-refractivity contribution in [3.63, 3.8) is 0 Å². The monoisotopic (exact) mass is 484 g/mol. The summed E-state index contributed by atoms with van der Waals surface area (Å²) in [5.41, 5.74) is 8.27. The van der Waals surface area contributed by atoms with Crippen LogP contribution in [0.1, 0.15) is 44.2 Å². The summed E-state index contributed by atoms with van der Waals surface area (Å²) in [7, 11) is 0. The first-order chi connectivity index (χ1) is 16.3. The van der Waals surface area contributed by atoms with E-state index in [-0.39, 0.29) is 23.2 Å². The summed E-state index contributed by atoms with van der Waals surface area (Å²) < 4.78 is 3.27. The number of nitrogens with two attached hydrogens (primary N) is 1. The molecule has 0 aliphatic rings. The number of aromatic nitrogens is 4. The highest BCUT2D eigenvalue weighted by atomic mass is 32.2. The summed E-state index contributed by atoms with van der Waals surface area (Å²) in [5.74, 6) is -0.188. The highest BCUT2D eigenvalue weighted by molar-refractivity contribution is 7.99. The molecule has 0 atom stereocenters. The number of rotatable bonds is 10. The number of H-pyrrole nitrogens is 1. The fourth-order valence-electron chi connectivity index (χ4n) is 3.72. The average molecular weight is 485 g/mol. The minimum Gasteiger partial charge on any atom is -0.383 e. The second-order valence-electron chi connectivity index (χ2n) is 8.20. The zero-order chi connectivity index (χ0) is 24.8. The fourth-order valence-corrected chi connectivity index (χ4v) is 4.57. The molecular formula is C24H32N6O3S. The predicted octanol–water partition coefficient (Wildman–Crippen LogP) is 3.26. The smallest absolute Gasteiger partial charge is 0.330 e. The minimum absolute atomic E-state index is 0.0157. The molecule has 0 saturated carbocycles. The van der Waals surface area contributed by atoms with Crippen molar-refractivity contribution in [2.45, 2.75) is 58.7 Å². The van der Waals surface area contributed by atoms with Crippen LogP contribution in [0.2, 0.25) is 0 Å². The molecule has 0 bridgehead atoms. The van der Waals surface area contributed by atoms with Gasteiger partial charge < -0.3 is 10.6 Å². The van der Waals surface area contributed by atoms with E-state index in [1.54, 1.807) is 6.20 Å². The summed E-state index contributed by atoms with van der Waals surface area (Å²) in [5, 5.41) is 0.676. The van der Waals surface area contributed by atoms with Crippen molar-refractivity contribution in [3.05, 3.63) is 62.6 Å². The van der Waals surface area contributed by atoms with Crippen LogP contribution in [0, 0.1) is 13.8 Å². The zero-order valence-corrected chi connectivity index (χ0v) is 20.9. The lowest BCUT2D eigenvalue weighted by Gasteiger charge is -2.24. The van der Waals surface area contributed by atoms with E-state index in [0.717, 1.165) is 23.2 Å². The SMILES string of the molecule is CCCCN(C(=O)CSc1nccn1-c1cc(C)ccc1C)c1c(N)n(CCC)c(=O)[nH]c1=O. The van der Waals surface area contributed by atoms with Crippen LogP contribution in [0.15, 0.2) is 45.3 Å². The van der Waals surface area contributed by atoms with Crippen molar-refractivity contribution >= 4 is 29.2 Å². The normalized spacial score (nSPS) is 11.1. The van der Waals surface area contributed by atoms with Crippen LogP contribution in [0.25, 0.3) is 5.69 Å². The fraction of sp³-hybridized carbons (Fsp3) is 0.417. The zero-order valence-electron chi connectivity index (χ0n) is 20.1. The summed E-state index contributed by atoms with van der Waals surface area (Å²) in [4.78, 5) is 46.4. The van der Waals surface area contributed by atoms with Crippen LogP contribution in [0.4, 0.5) is 11.5 Å². The third-order valence-corrected chi connectivity index (χ3v) is 6.47. The summed E-state index contributed by atoms with van der Waals surface area (Å²) in [6.07, 6.45) is 5.76. The topological polar surface area (TPSA) is 119 Å². The number of hydrogen-bond acceptors (Lipinski definition) is 6. The summed E-state index contributed by atoms with van der Waals surface area (Å²) >= 11 is 1.30. The Kier molecular flexibility index (Phi) is 8.38. The van der Waals surface area contributed by atoms with Crippen molar-refractivity contribution in [2.75, 3.05) is 22.9 Å². The Morgan fingerprint density at radius 1 is 1.21 bits per heavy atom. The van der Waals surface area contributed by atoms with Crippen molar-refractivity contribution < 1.29 is 4.79 Å². The lowest BCUT2D eigenvalue weighted by atomic mass is 10.1. The molecule has 0 saturated heterocycles. The van der Waals surface area contributed by atoms with Crippen molar-refractivity contribution in [3.8, 4) is 5.69 Å². The third-order valence-electron chi connectivity index (χ3n) is 5.52. The number of thioether (sulfide) groups is 1. The van der Waals surface area contributed by atoms with E-state index < -0.39 is 11.2 Å². The van der Waals surface area contributed by atoms with Gasteiger partial charge in [0.15, 0.2) is 10.8 Å². The molecule has 0 aliphatic heterocycles. The maximum absolute atomic E-state index is 13.3. The molecule has 3 N–H and O–H groups in total. The number of nitrogens with one attached hydrogen (secondary N) is 1. The van der Waals surface area contributed by atoms with Gasteiger partial charge in [-0.05, 0) is 43.9 Å². The maximum Gasteiger partial charge on any atom is 0.330 e. The molecule has 2 heterocycles. The maximum atomic E-state index is 13.3. The number of aromatic amines is 1. The first kappa shape index (κ1) is 25.4. The molecule has 0 spiro atoms. The third kappa shape index (κ3) is 5.44. The number of nitrogens with zero attached hydrogens (tertiary/aromatic N) is 4. The molecule has 0 radical (unpaired) electrons. The van der Waals surface area contributed by atoms with Gasteiger partial charge in [0.1, 0.15) is 5.82 Å². The van der Waals surface area contributed by atoms with Crippen molar-refractivity contribution in [1.29, 1.82) is 0 Å². The van der Waals surface area contributed by atoms with Gasteiger partial charge in [0.2, 0.25) is 5.91 Å². The van der Waals surface area contributed by atoms with Gasteiger partial charge in [0.05, 0.1) is 11.4 Å². The molecule has 0 fully saturated rings. The first-order valence-corrected chi connectivity index (χ1v) is 12.4. The number of hydrogen-bond donors (Lipinski definition) is 2. The van der Waals surface area contributed by atoms with Gasteiger partial charge in [-0.1, -0.05) is 44.2 Å². The van der Waals surface area contributed by atoms with Crippen LogP contribution in [-0.2, 0) is 11.3 Å². The molecule has 1 aromatic carbocycles. The standard InChI is InChI=1S/C24H32N6O3S/c1-5-7-12-29(20-21(25)30(11-6-2)23(33)27-22(20)32)19(31)15-34-24-26-10-13-28(24)18-14-16(3)8-9-17(18)4/h8-10,13-14H,5-7,11-12,15,25H2,1-4H3,(H,27,32,33). The van der Waals surface area contributed by atoms with Gasteiger partial charge in [-0.25, -0.2) is 9.78 Å². The van der Waals surface area contributed by atoms with Crippen molar-refractivity contribution in [2.24, 2.45) is 0 Å². The van der Waals surface area contributed by atoms with E-state index in [1.807, 2.05) is 38.5 Å². The van der Waals surface area contributed by atoms with Crippen LogP contribution in [-0.4, -0.2) is 37.3 Å². The molecule has 3 rings (SSSR count). The Balaban J connectivity index is 1.90. The van der Waals surface area contributed by atoms with Crippen molar-refractivity contribution in [1.82, 2.24) is 19.1 Å². The number of aryl methyl sites for hydroxylation is 2. The molecule has 10 heteroatoms. The Morgan fingerprint density at radius 3 is 2.68 bits per heavy atom. The molecular weight excluding hydrogens is 452 g/mol. The lowest BCUT2D eigenvalue weighted by Crippen LogP contribution is -2.42. The number of imidazole rings is 1. The average Bonchev–Trinajstić information content (AvgIpc) is 3.27. The second-order valence-corrected chi connectivity index (χ2v) is 9.14. The van der Waals surface area contributed by atoms with E-state index in [4.69, 9.17) is 5.73 Å². The van der Waals surface area contributed by atoms with Gasteiger partial charge >= 0.3 is 5.69 Å². The van der Waals surface area contributed by atoms with Crippen LogP contribution < -0.4 is 21.9 Å². The van der Waals surface area contributed by atoms with Crippen LogP contribution in [0.3, 0.4) is 0 Å². The number of carbonyl (C=O) groups is 1. The van der Waals surface area contributed by atoms with E-state index in [9.17, 15) is 14.4 Å². The molecule has 0 aliphatic carbocycles. The van der Waals surface area contributed by atoms with Gasteiger partial charge in [0.25, 0.3) is 5.56 Å². The minimum atomic E-state index is -0.652. The summed E-state index contributed by atoms with van der Waals surface area (Å²) in [6, 6.07) is 6.18. The number of benzene rings is 1. The summed E-state index contributed by atoms with van der Waals surface area (Å²) in [6.45, 7) is 8.66. The first-order valence-electron chi connectivity index (χ1n) is 11.4. The number of amides is 1. The molecule has 9 nitrogen and oxygen atoms in total. The predicted molar refractivity (Wildman–Crippen MR) is 137 cm³/mol. The number of anilines is 2. The molecule has 2 aromatic heterocycles.